The van der Waals surface area contributed by atoms with Gasteiger partial charge in [-0.05, 0) is 48.2 Å². The van der Waals surface area contributed by atoms with Crippen LogP contribution in [-0.4, -0.2) is 88.7 Å². The first kappa shape index (κ1) is 42.6. The summed E-state index contributed by atoms with van der Waals surface area (Å²) in [7, 11) is 0. The van der Waals surface area contributed by atoms with Crippen LogP contribution in [0.4, 0.5) is 0 Å². The molecular formula is C37H49N7O7. The molecule has 14 nitrogen and oxygen atoms in total. The predicted octanol–water partition coefficient (Wildman–Crippen LogP) is 3.43. The Hall–Kier alpha value is -4.53. The third-order valence-electron chi connectivity index (χ3n) is 8.03. The zero-order valence-electron chi connectivity index (χ0n) is 30.0. The van der Waals surface area contributed by atoms with E-state index in [4.69, 9.17) is 23.7 Å². The van der Waals surface area contributed by atoms with Crippen LogP contribution in [0.2, 0.25) is 0 Å². The minimum Gasteiger partial charge on any atom is -0.385 e. The normalized spacial score (nSPS) is 18.6. The highest BCUT2D eigenvalue weighted by Gasteiger charge is 2.35. The summed E-state index contributed by atoms with van der Waals surface area (Å²) in [5.41, 5.74) is 2.35. The molecule has 0 aromatic rings. The largest absolute Gasteiger partial charge is 0.385 e. The van der Waals surface area contributed by atoms with Crippen LogP contribution in [0.1, 0.15) is 53.4 Å². The molecule has 0 radical (unpaired) electrons. The van der Waals surface area contributed by atoms with Crippen molar-refractivity contribution in [2.75, 3.05) is 65.9 Å². The quantitative estimate of drug-likeness (QED) is 0.0581. The van der Waals surface area contributed by atoms with Crippen molar-refractivity contribution >= 4 is 0 Å². The third-order valence-corrected chi connectivity index (χ3v) is 8.03. The van der Waals surface area contributed by atoms with Crippen LogP contribution in [-0.2, 0) is 23.7 Å². The molecule has 0 amide bonds. The minimum atomic E-state index is -1.57. The second-order valence-corrected chi connectivity index (χ2v) is 13.5. The number of nitrogens with one attached hydrogen (secondary N) is 2. The number of rotatable bonds is 21. The molecule has 2 aliphatic carbocycles. The third kappa shape index (κ3) is 14.0. The van der Waals surface area contributed by atoms with Crippen LogP contribution in [0.25, 0.3) is 0 Å². The van der Waals surface area contributed by atoms with Gasteiger partial charge in [0.1, 0.15) is 35.9 Å². The van der Waals surface area contributed by atoms with Crippen molar-refractivity contribution in [3.8, 4) is 30.3 Å². The molecule has 0 aromatic heterocycles. The first-order chi connectivity index (χ1) is 24.4. The van der Waals surface area contributed by atoms with Crippen LogP contribution in [0.15, 0.2) is 57.5 Å². The number of hydrogen-bond acceptors (Lipinski definition) is 14. The van der Waals surface area contributed by atoms with Crippen LogP contribution < -0.4 is 10.6 Å². The van der Waals surface area contributed by atoms with E-state index in [-0.39, 0.29) is 35.2 Å². The van der Waals surface area contributed by atoms with Crippen molar-refractivity contribution < 1.29 is 33.9 Å². The van der Waals surface area contributed by atoms with Gasteiger partial charge in [0.05, 0.1) is 69.6 Å². The monoisotopic (exact) mass is 703 g/mol. The van der Waals surface area contributed by atoms with Gasteiger partial charge in [-0.3, -0.25) is 0 Å². The van der Waals surface area contributed by atoms with Crippen molar-refractivity contribution in [1.82, 2.24) is 10.6 Å². The molecule has 2 atom stereocenters. The summed E-state index contributed by atoms with van der Waals surface area (Å²) in [6.07, 6.45) is 0.543. The first-order valence-electron chi connectivity index (χ1n) is 16.7. The van der Waals surface area contributed by atoms with E-state index < -0.39 is 12.6 Å². The van der Waals surface area contributed by atoms with Gasteiger partial charge in [0.15, 0.2) is 12.6 Å². The lowest BCUT2D eigenvalue weighted by Crippen LogP contribution is -2.31. The van der Waals surface area contributed by atoms with Crippen molar-refractivity contribution in [1.29, 1.82) is 26.3 Å². The van der Waals surface area contributed by atoms with E-state index in [1.807, 2.05) is 45.9 Å². The van der Waals surface area contributed by atoms with Crippen molar-refractivity contribution in [2.45, 2.75) is 66.0 Å². The zero-order chi connectivity index (χ0) is 37.9. The van der Waals surface area contributed by atoms with Gasteiger partial charge in [-0.1, -0.05) is 34.3 Å². The van der Waals surface area contributed by atoms with Gasteiger partial charge in [0.25, 0.3) is 0 Å². The highest BCUT2D eigenvalue weighted by atomic mass is 16.6. The van der Waals surface area contributed by atoms with E-state index in [0.717, 1.165) is 0 Å². The number of aliphatic hydroxyl groups excluding tert-OH is 2. The molecule has 0 heterocycles. The molecule has 4 N–H and O–H groups in total. The molecule has 0 aliphatic heterocycles. The van der Waals surface area contributed by atoms with Crippen LogP contribution in [0, 0.1) is 67.5 Å². The van der Waals surface area contributed by atoms with Gasteiger partial charge in [-0.25, -0.2) is 0 Å². The Bertz CT molecular complexity index is 1540. The lowest BCUT2D eigenvalue weighted by Gasteiger charge is -2.34. The van der Waals surface area contributed by atoms with E-state index in [1.54, 1.807) is 0 Å². The highest BCUT2D eigenvalue weighted by Crippen LogP contribution is 2.43. The number of aliphatic hydroxyl groups is 2. The number of ether oxygens (including phenoxy) is 5. The Morgan fingerprint density at radius 1 is 0.686 bits per heavy atom. The van der Waals surface area contributed by atoms with Gasteiger partial charge in [-0.2, -0.15) is 26.3 Å². The lowest BCUT2D eigenvalue weighted by atomic mass is 9.72. The van der Waals surface area contributed by atoms with Crippen molar-refractivity contribution in [3.05, 3.63) is 57.5 Å². The molecule has 0 fully saturated rings. The summed E-state index contributed by atoms with van der Waals surface area (Å²) < 4.78 is 27.3. The SMILES string of the molecule is C=CC(O)OCCOC(O)/C(C#N)=C1\CC(C)(C)CC(NCCOCCOCCOCCNC2=C(C#N)C(=C(C#N)C#N)CC(C)(C)C2)=C1C#N. The van der Waals surface area contributed by atoms with E-state index in [1.165, 1.54) is 6.08 Å². The fourth-order valence-electron chi connectivity index (χ4n) is 5.77. The molecule has 0 saturated heterocycles. The molecule has 51 heavy (non-hydrogen) atoms. The van der Waals surface area contributed by atoms with Crippen LogP contribution >= 0.6 is 0 Å². The van der Waals surface area contributed by atoms with Crippen molar-refractivity contribution in [3.63, 3.8) is 0 Å². The molecular weight excluding hydrogens is 654 g/mol. The summed E-state index contributed by atoms with van der Waals surface area (Å²) >= 11 is 0. The first-order valence-corrected chi connectivity index (χ1v) is 16.7. The molecule has 0 bridgehead atoms. The molecule has 2 unspecified atom stereocenters. The van der Waals surface area contributed by atoms with Crippen molar-refractivity contribution in [2.24, 2.45) is 10.8 Å². The molecule has 274 valence electrons. The second kappa shape index (κ2) is 21.6. The standard InChI is InChI=1S/C37H49N7O7/c1-6-34(45)50-15-16-51-35(46)31(25-42)28-18-37(4,5)20-33(30(28)24-41)44-8-10-48-12-14-49-13-11-47-9-7-43-32-19-36(2,3)17-27(29(32)23-40)26(21-38)22-39/h6,34-35,43-46H,1,7-20H2,2-5H3/b31-28+. The Labute approximate surface area is 301 Å². The number of allylic oxidation sites excluding steroid dienone is 7. The summed E-state index contributed by atoms with van der Waals surface area (Å²) in [6, 6.07) is 10.2. The molecule has 0 aromatic carbocycles. The van der Waals surface area contributed by atoms with Gasteiger partial charge in [-0.15, -0.1) is 0 Å². The van der Waals surface area contributed by atoms with Gasteiger partial charge >= 0.3 is 0 Å². The lowest BCUT2D eigenvalue weighted by molar-refractivity contribution is -0.119. The molecule has 14 heteroatoms. The predicted molar refractivity (Wildman–Crippen MR) is 185 cm³/mol. The van der Waals surface area contributed by atoms with E-state index >= 15 is 0 Å². The zero-order valence-corrected chi connectivity index (χ0v) is 30.0. The number of hydrogen-bond donors (Lipinski definition) is 4. The average Bonchev–Trinajstić information content (AvgIpc) is 3.08. The Balaban J connectivity index is 1.75. The molecule has 0 spiro atoms. The molecule has 0 saturated carbocycles. The molecule has 2 rings (SSSR count). The Morgan fingerprint density at radius 2 is 1.14 bits per heavy atom. The minimum absolute atomic E-state index is 0.0296. The van der Waals surface area contributed by atoms with Crippen LogP contribution in [0.3, 0.4) is 0 Å². The maximum absolute atomic E-state index is 10.6. The van der Waals surface area contributed by atoms with Gasteiger partial charge < -0.3 is 44.5 Å². The summed E-state index contributed by atoms with van der Waals surface area (Å²) in [5.74, 6) is 0. The van der Waals surface area contributed by atoms with E-state index in [0.29, 0.717) is 112 Å². The summed E-state index contributed by atoms with van der Waals surface area (Å²) in [4.78, 5) is 0. The highest BCUT2D eigenvalue weighted by molar-refractivity contribution is 5.57. The maximum atomic E-state index is 10.6. The van der Waals surface area contributed by atoms with E-state index in [2.05, 4.69) is 29.4 Å². The van der Waals surface area contributed by atoms with E-state index in [9.17, 15) is 36.5 Å². The number of nitriles is 5. The second-order valence-electron chi connectivity index (χ2n) is 13.5. The maximum Gasteiger partial charge on any atom is 0.191 e. The summed E-state index contributed by atoms with van der Waals surface area (Å²) in [5, 5.41) is 74.8. The number of nitrogens with zero attached hydrogens (tertiary/aromatic N) is 5. The fraction of sp³-hybridized carbons (Fsp3) is 0.595. The Morgan fingerprint density at radius 3 is 1.59 bits per heavy atom. The Kier molecular flexibility index (Phi) is 18.1. The van der Waals surface area contributed by atoms with Gasteiger partial charge in [0.2, 0.25) is 0 Å². The summed E-state index contributed by atoms with van der Waals surface area (Å²) in [6.45, 7) is 14.4. The fourth-order valence-corrected chi connectivity index (χ4v) is 5.77. The smallest absolute Gasteiger partial charge is 0.191 e. The van der Waals surface area contributed by atoms with Crippen LogP contribution in [0.5, 0.6) is 0 Å². The average molecular weight is 704 g/mol. The van der Waals surface area contributed by atoms with Gasteiger partial charge in [0, 0.05) is 30.1 Å². The molecule has 2 aliphatic rings. The topological polar surface area (TPSA) is 230 Å².